The molecule has 1 rings (SSSR count). The van der Waals surface area contributed by atoms with E-state index in [9.17, 15) is 14.4 Å². The van der Waals surface area contributed by atoms with E-state index < -0.39 is 17.6 Å². The summed E-state index contributed by atoms with van der Waals surface area (Å²) in [5.74, 6) is 9.35. The number of hydrogen-bond donors (Lipinski definition) is 0. The van der Waals surface area contributed by atoms with Crippen molar-refractivity contribution in [1.82, 2.24) is 9.80 Å². The normalized spacial score (nSPS) is 15.5. The van der Waals surface area contributed by atoms with E-state index in [-0.39, 0.29) is 0 Å². The molecule has 0 spiro atoms. The number of piperazine rings is 1. The molecule has 0 amide bonds. The van der Waals surface area contributed by atoms with Gasteiger partial charge < -0.3 is 13.3 Å². The van der Waals surface area contributed by atoms with Crippen molar-refractivity contribution in [2.75, 3.05) is 69.3 Å². The van der Waals surface area contributed by atoms with Crippen molar-refractivity contribution in [3.05, 3.63) is 16.6 Å². The lowest BCUT2D eigenvalue weighted by Crippen LogP contribution is -2.46. The van der Waals surface area contributed by atoms with Crippen LogP contribution < -0.4 is 0 Å². The highest BCUT2D eigenvalue weighted by Crippen LogP contribution is 2.21. The van der Waals surface area contributed by atoms with Gasteiger partial charge in [-0.3, -0.25) is 9.80 Å². The lowest BCUT2D eigenvalue weighted by Gasteiger charge is -2.34. The lowest BCUT2D eigenvalue weighted by atomic mass is 10.3. The second-order valence-corrected chi connectivity index (χ2v) is 15.5. The third-order valence-electron chi connectivity index (χ3n) is 5.64. The Labute approximate surface area is 227 Å². The highest BCUT2D eigenvalue weighted by Gasteiger charge is 2.39. The zero-order valence-corrected chi connectivity index (χ0v) is 25.8. The molecule has 204 valence electrons. The van der Waals surface area contributed by atoms with Crippen LogP contribution in [0.3, 0.4) is 0 Å². The third-order valence-corrected chi connectivity index (χ3v) is 13.2. The molecular weight excluding hydrogens is 533 g/mol. The summed E-state index contributed by atoms with van der Waals surface area (Å²) in [6, 6.07) is 0.870. The van der Waals surface area contributed by atoms with Gasteiger partial charge in [0.1, 0.15) is 17.8 Å². The average molecular weight is 575 g/mol. The molecule has 1 saturated heterocycles. The van der Waals surface area contributed by atoms with E-state index in [4.69, 9.17) is 13.3 Å². The average Bonchev–Trinajstić information content (AvgIpc) is 2.87. The van der Waals surface area contributed by atoms with Gasteiger partial charge >= 0.3 is 8.80 Å². The lowest BCUT2D eigenvalue weighted by molar-refractivity contribution is 0.0712. The Bertz CT molecular complexity index is 716. The van der Waals surface area contributed by atoms with E-state index >= 15 is 0 Å². The van der Waals surface area contributed by atoms with Crippen molar-refractivity contribution >= 4 is 58.9 Å². The van der Waals surface area contributed by atoms with Gasteiger partial charge in [0.2, 0.25) is 0 Å². The fourth-order valence-electron chi connectivity index (χ4n) is 3.87. The van der Waals surface area contributed by atoms with Crippen LogP contribution >= 0.6 is 23.5 Å². The predicted molar refractivity (Wildman–Crippen MR) is 154 cm³/mol. The molecule has 0 saturated carbocycles. The molecule has 0 aromatic rings. The Kier molecular flexibility index (Phi) is 19.7. The maximum atomic E-state index is 11.2. The van der Waals surface area contributed by atoms with Crippen LogP contribution in [0.2, 0.25) is 6.04 Å². The number of hydrogen-bond acceptors (Lipinski definition) is 10. The van der Waals surface area contributed by atoms with E-state index in [1.165, 1.54) is 11.4 Å². The van der Waals surface area contributed by atoms with Crippen LogP contribution in [0.4, 0.5) is 0 Å². The molecule has 12 heteroatoms. The first-order chi connectivity index (χ1) is 17.6. The largest absolute Gasteiger partial charge is 0.500 e. The molecule has 0 bridgehead atoms. The molecule has 0 atom stereocenters. The van der Waals surface area contributed by atoms with Gasteiger partial charge in [0, 0.05) is 69.0 Å². The van der Waals surface area contributed by atoms with E-state index in [2.05, 4.69) is 9.80 Å². The molecule has 0 radical (unpaired) electrons. The van der Waals surface area contributed by atoms with Crippen LogP contribution in [0, 0.1) is 0 Å². The third kappa shape index (κ3) is 13.7. The van der Waals surface area contributed by atoms with Crippen LogP contribution in [-0.4, -0.2) is 114 Å². The Balaban J connectivity index is 2.20. The summed E-state index contributed by atoms with van der Waals surface area (Å²) in [7, 11) is -4.64. The first-order valence-electron chi connectivity index (χ1n) is 12.8. The summed E-state index contributed by atoms with van der Waals surface area (Å²) in [4.78, 5) is 37.4. The van der Waals surface area contributed by atoms with Crippen molar-refractivity contribution < 1.29 is 27.7 Å². The van der Waals surface area contributed by atoms with Gasteiger partial charge in [0.05, 0.1) is 0 Å². The Morgan fingerprint density at radius 1 is 0.833 bits per heavy atom. The van der Waals surface area contributed by atoms with Gasteiger partial charge in [-0.25, -0.2) is 14.4 Å². The van der Waals surface area contributed by atoms with Crippen LogP contribution in [-0.2, 0) is 27.7 Å². The molecule has 1 aliphatic rings. The molecule has 8 nitrogen and oxygen atoms in total. The Morgan fingerprint density at radius 2 is 1.31 bits per heavy atom. The van der Waals surface area contributed by atoms with Crippen LogP contribution in [0.25, 0.3) is 0 Å². The standard InChI is InChI=1S/C24H42N2O6S2Si2/c1-4-30-36(31-5-2,32-6-3)20-8-17-34-23-26-12-10-25(11-13-26)22-33-16-7-9-24(21-29)35(18-14-27)19-15-28/h18-19,35H,4-13,16-17,20,22-23H2,1-3H3. The van der Waals surface area contributed by atoms with E-state index in [1.54, 1.807) is 11.9 Å². The molecule has 0 unspecified atom stereocenters. The van der Waals surface area contributed by atoms with Gasteiger partial charge in [-0.05, 0) is 62.9 Å². The molecule has 0 aromatic heterocycles. The van der Waals surface area contributed by atoms with Crippen molar-refractivity contribution in [2.45, 2.75) is 46.1 Å². The maximum absolute atomic E-state index is 11.2. The molecular formula is C24H42N2O6S2Si2. The van der Waals surface area contributed by atoms with Crippen molar-refractivity contribution in [3.63, 3.8) is 0 Å². The summed E-state index contributed by atoms with van der Waals surface area (Å²) in [6.07, 6.45) is 2.43. The van der Waals surface area contributed by atoms with E-state index in [1.807, 2.05) is 50.2 Å². The fraction of sp³-hybridized carbons (Fsp3) is 0.750. The van der Waals surface area contributed by atoms with Crippen molar-refractivity contribution in [1.29, 1.82) is 0 Å². The van der Waals surface area contributed by atoms with Gasteiger partial charge in [-0.15, -0.1) is 23.5 Å². The summed E-state index contributed by atoms with van der Waals surface area (Å²) >= 11 is 3.83. The smallest absolute Gasteiger partial charge is 0.374 e. The first kappa shape index (κ1) is 33.3. The minimum atomic E-state index is -2.52. The zero-order chi connectivity index (χ0) is 26.5. The molecule has 0 N–H and O–H groups in total. The molecule has 36 heavy (non-hydrogen) atoms. The Morgan fingerprint density at radius 3 is 1.72 bits per heavy atom. The summed E-state index contributed by atoms with van der Waals surface area (Å²) in [5.41, 5.74) is 2.60. The topological polar surface area (TPSA) is 85.4 Å². The van der Waals surface area contributed by atoms with Crippen molar-refractivity contribution in [3.8, 4) is 0 Å². The van der Waals surface area contributed by atoms with Gasteiger partial charge in [-0.1, -0.05) is 0 Å². The SMILES string of the molecule is CCO[Si](CCCSCN1CCN(CSCCCC(=C=O)[SiH](C=C=O)C=C=O)CC1)(OCC)OCC. The second-order valence-electron chi connectivity index (χ2n) is 8.22. The van der Waals surface area contributed by atoms with Gasteiger partial charge in [0.25, 0.3) is 0 Å². The molecule has 0 aliphatic carbocycles. The number of rotatable bonds is 21. The van der Waals surface area contributed by atoms with Gasteiger partial charge in [0.15, 0.2) is 8.80 Å². The molecule has 1 fully saturated rings. The molecule has 1 aliphatic heterocycles. The first-order valence-corrected chi connectivity index (χ1v) is 18.9. The van der Waals surface area contributed by atoms with Crippen LogP contribution in [0.1, 0.15) is 40.0 Å². The van der Waals surface area contributed by atoms with Gasteiger partial charge in [-0.2, -0.15) is 0 Å². The van der Waals surface area contributed by atoms with E-state index in [0.717, 1.165) is 68.3 Å². The predicted octanol–water partition coefficient (Wildman–Crippen LogP) is 2.58. The number of nitrogens with zero attached hydrogens (tertiary/aromatic N) is 2. The van der Waals surface area contributed by atoms with Crippen LogP contribution in [0.15, 0.2) is 16.6 Å². The maximum Gasteiger partial charge on any atom is 0.500 e. The summed E-state index contributed by atoms with van der Waals surface area (Å²) in [5, 5.41) is 0.537. The highest BCUT2D eigenvalue weighted by atomic mass is 32.2. The molecule has 1 heterocycles. The minimum absolute atomic E-state index is 0.537. The number of carbonyl (C=O) groups excluding carboxylic acids is 3. The Hall–Kier alpha value is -0.716. The summed E-state index contributed by atoms with van der Waals surface area (Å²) < 4.78 is 17.8. The fourth-order valence-corrected chi connectivity index (χ4v) is 10.2. The van der Waals surface area contributed by atoms with Crippen molar-refractivity contribution in [2.24, 2.45) is 0 Å². The number of thioether (sulfide) groups is 2. The minimum Gasteiger partial charge on any atom is -0.374 e. The quantitative estimate of drug-likeness (QED) is 0.116. The monoisotopic (exact) mass is 574 g/mol. The summed E-state index contributed by atoms with van der Waals surface area (Å²) in [6.45, 7) is 12.1. The molecule has 0 aromatic carbocycles. The van der Waals surface area contributed by atoms with Crippen LogP contribution in [0.5, 0.6) is 0 Å². The zero-order valence-electron chi connectivity index (χ0n) is 22.0. The number of allylic oxidation sites excluding steroid dienone is 1. The second kappa shape index (κ2) is 21.2. The van der Waals surface area contributed by atoms with E-state index in [0.29, 0.717) is 31.4 Å². The highest BCUT2D eigenvalue weighted by molar-refractivity contribution is 7.99.